The van der Waals surface area contributed by atoms with Crippen LogP contribution in [0.1, 0.15) is 36.7 Å². The van der Waals surface area contributed by atoms with Gasteiger partial charge in [0.2, 0.25) is 0 Å². The predicted molar refractivity (Wildman–Crippen MR) is 90.9 cm³/mol. The van der Waals surface area contributed by atoms with Crippen LogP contribution in [0, 0.1) is 0 Å². The van der Waals surface area contributed by atoms with Gasteiger partial charge in [-0.15, -0.1) is 5.73 Å². The Kier molecular flexibility index (Phi) is 7.04. The highest BCUT2D eigenvalue weighted by molar-refractivity contribution is 6.07. The van der Waals surface area contributed by atoms with E-state index in [-0.39, 0.29) is 18.0 Å². The monoisotopic (exact) mass is 319 g/mol. The Hall–Kier alpha value is -2.07. The number of ether oxygens (including phenoxy) is 3. The van der Waals surface area contributed by atoms with E-state index in [1.165, 1.54) is 6.08 Å². The fraction of sp³-hybridized carbons (Fsp3) is 0.444. The molecule has 126 valence electrons. The first-order valence-electron chi connectivity index (χ1n) is 7.35. The molecule has 0 aromatic heterocycles. The average Bonchev–Trinajstić information content (AvgIpc) is 2.47. The van der Waals surface area contributed by atoms with Crippen molar-refractivity contribution in [3.8, 4) is 5.75 Å². The van der Waals surface area contributed by atoms with Gasteiger partial charge in [-0.05, 0) is 23.1 Å². The quantitative estimate of drug-likeness (QED) is 0.199. The Morgan fingerprint density at radius 3 is 2.61 bits per heavy atom. The lowest BCUT2D eigenvalue weighted by molar-refractivity contribution is -0.00838. The van der Waals surface area contributed by atoms with Gasteiger partial charge in [-0.2, -0.15) is 0 Å². The zero-order chi connectivity index (χ0) is 17.5. The first-order valence-corrected chi connectivity index (χ1v) is 7.35. The highest BCUT2D eigenvalue weighted by atomic mass is 16.7. The van der Waals surface area contributed by atoms with Gasteiger partial charge in [0, 0.05) is 13.2 Å². The molecule has 0 aliphatic carbocycles. The van der Waals surface area contributed by atoms with E-state index in [1.807, 2.05) is 26.8 Å². The number of allylic oxidation sites excluding steroid dienone is 1. The number of benzene rings is 1. The van der Waals surface area contributed by atoms with Gasteiger partial charge >= 0.3 is 0 Å². The van der Waals surface area contributed by atoms with Gasteiger partial charge in [-0.25, -0.2) is 0 Å². The largest absolute Gasteiger partial charge is 0.465 e. The van der Waals surface area contributed by atoms with Gasteiger partial charge in [0.25, 0.3) is 0 Å². The molecule has 1 aromatic rings. The lowest BCUT2D eigenvalue weighted by Crippen LogP contribution is -2.16. The summed E-state index contributed by atoms with van der Waals surface area (Å²) in [6.07, 6.45) is 1.26. The third-order valence-electron chi connectivity index (χ3n) is 3.20. The third kappa shape index (κ3) is 5.57. The maximum absolute atomic E-state index is 12.3. The molecule has 5 heteroatoms. The molecule has 5 nitrogen and oxygen atoms in total. The molecule has 0 saturated heterocycles. The zero-order valence-electron chi connectivity index (χ0n) is 14.3. The standard InChI is InChI=1S/C18H25NO4/c1-6-7-16(20)14-10-13(18(2,3)4)11-15(19)17(14)23-12-22-9-8-21-5/h7,10-11H,1,8-9,12,19H2,2-5H3. The number of rotatable bonds is 8. The summed E-state index contributed by atoms with van der Waals surface area (Å²) in [5, 5.41) is 0. The first kappa shape index (κ1) is 19.0. The number of nitrogens with two attached hydrogens (primary N) is 1. The molecule has 0 saturated carbocycles. The van der Waals surface area contributed by atoms with E-state index < -0.39 is 0 Å². The van der Waals surface area contributed by atoms with Gasteiger partial charge in [-0.3, -0.25) is 4.79 Å². The second-order valence-electron chi connectivity index (χ2n) is 6.07. The number of carbonyl (C=O) groups is 1. The molecule has 0 aliphatic heterocycles. The van der Waals surface area contributed by atoms with Crippen molar-refractivity contribution >= 4 is 11.5 Å². The van der Waals surface area contributed by atoms with Crippen molar-refractivity contribution < 1.29 is 19.0 Å². The maximum Gasteiger partial charge on any atom is 0.197 e. The minimum atomic E-state index is -0.260. The summed E-state index contributed by atoms with van der Waals surface area (Å²) in [4.78, 5) is 12.3. The molecule has 0 atom stereocenters. The van der Waals surface area contributed by atoms with Crippen molar-refractivity contribution in [3.05, 3.63) is 41.6 Å². The Morgan fingerprint density at radius 2 is 2.04 bits per heavy atom. The van der Waals surface area contributed by atoms with Crippen LogP contribution in [0.4, 0.5) is 5.69 Å². The number of carbonyl (C=O) groups excluding carboxylic acids is 1. The molecule has 0 heterocycles. The molecule has 0 spiro atoms. The Morgan fingerprint density at radius 1 is 1.35 bits per heavy atom. The van der Waals surface area contributed by atoms with Gasteiger partial charge in [0.1, 0.15) is 0 Å². The SMILES string of the molecule is C=C=CC(=O)c1cc(C(C)(C)C)cc(N)c1OCOCCOC. The van der Waals surface area contributed by atoms with Crippen LogP contribution in [0.25, 0.3) is 0 Å². The lowest BCUT2D eigenvalue weighted by Gasteiger charge is -2.22. The van der Waals surface area contributed by atoms with Crippen LogP contribution in [0.15, 0.2) is 30.5 Å². The van der Waals surface area contributed by atoms with Crippen molar-refractivity contribution in [1.29, 1.82) is 0 Å². The number of methoxy groups -OCH3 is 1. The third-order valence-corrected chi connectivity index (χ3v) is 3.20. The van der Waals surface area contributed by atoms with Crippen molar-refractivity contribution in [1.82, 2.24) is 0 Å². The van der Waals surface area contributed by atoms with Gasteiger partial charge in [-0.1, -0.05) is 27.4 Å². The van der Waals surface area contributed by atoms with Crippen molar-refractivity contribution in [3.63, 3.8) is 0 Å². The Balaban J connectivity index is 3.11. The maximum atomic E-state index is 12.3. The normalized spacial score (nSPS) is 11.0. The van der Waals surface area contributed by atoms with E-state index in [1.54, 1.807) is 13.2 Å². The lowest BCUT2D eigenvalue weighted by atomic mass is 9.85. The summed E-state index contributed by atoms with van der Waals surface area (Å²) in [5.74, 6) is 0.0524. The molecule has 0 aliphatic rings. The van der Waals surface area contributed by atoms with Crippen LogP contribution in [-0.4, -0.2) is 32.9 Å². The second kappa shape index (κ2) is 8.53. The minimum absolute atomic E-state index is 0.0134. The zero-order valence-corrected chi connectivity index (χ0v) is 14.3. The predicted octanol–water partition coefficient (Wildman–Crippen LogP) is 3.09. The van der Waals surface area contributed by atoms with E-state index in [0.717, 1.165) is 5.56 Å². The van der Waals surface area contributed by atoms with Crippen molar-refractivity contribution in [2.45, 2.75) is 26.2 Å². The molecule has 1 rings (SSSR count). The van der Waals surface area contributed by atoms with E-state index in [0.29, 0.717) is 30.2 Å². The molecule has 0 amide bonds. The molecule has 1 aromatic carbocycles. The van der Waals surface area contributed by atoms with Gasteiger partial charge in [0.05, 0.1) is 24.5 Å². The molecule has 0 bridgehead atoms. The Bertz CT molecular complexity index is 596. The number of ketones is 1. The molecule has 2 N–H and O–H groups in total. The van der Waals surface area contributed by atoms with Crippen molar-refractivity contribution in [2.24, 2.45) is 0 Å². The van der Waals surface area contributed by atoms with Crippen LogP contribution >= 0.6 is 0 Å². The van der Waals surface area contributed by atoms with Crippen LogP contribution < -0.4 is 10.5 Å². The number of anilines is 1. The first-order chi connectivity index (χ1) is 10.8. The van der Waals surface area contributed by atoms with Crippen LogP contribution in [0.2, 0.25) is 0 Å². The molecular formula is C18H25NO4. The molecule has 0 unspecified atom stereocenters. The highest BCUT2D eigenvalue weighted by Gasteiger charge is 2.21. The number of hydrogen-bond donors (Lipinski definition) is 1. The Labute approximate surface area is 137 Å². The van der Waals surface area contributed by atoms with Crippen LogP contribution in [0.3, 0.4) is 0 Å². The van der Waals surface area contributed by atoms with E-state index in [4.69, 9.17) is 19.9 Å². The fourth-order valence-corrected chi connectivity index (χ4v) is 1.90. The smallest absolute Gasteiger partial charge is 0.197 e. The summed E-state index contributed by atoms with van der Waals surface area (Å²) in [6.45, 7) is 10.4. The number of nitrogen functional groups attached to an aromatic ring is 1. The molecule has 0 radical (unpaired) electrons. The van der Waals surface area contributed by atoms with Crippen molar-refractivity contribution in [2.75, 3.05) is 32.9 Å². The average molecular weight is 319 g/mol. The van der Waals surface area contributed by atoms with E-state index >= 15 is 0 Å². The number of hydrogen-bond acceptors (Lipinski definition) is 5. The molecule has 23 heavy (non-hydrogen) atoms. The van der Waals surface area contributed by atoms with Crippen LogP contribution in [0.5, 0.6) is 5.75 Å². The van der Waals surface area contributed by atoms with E-state index in [2.05, 4.69) is 12.3 Å². The molecule has 0 fully saturated rings. The molecular weight excluding hydrogens is 294 g/mol. The second-order valence-corrected chi connectivity index (χ2v) is 6.07. The minimum Gasteiger partial charge on any atom is -0.465 e. The summed E-state index contributed by atoms with van der Waals surface area (Å²) in [6, 6.07) is 3.61. The summed E-state index contributed by atoms with van der Waals surface area (Å²) < 4.78 is 15.7. The topological polar surface area (TPSA) is 70.8 Å². The summed E-state index contributed by atoms with van der Waals surface area (Å²) >= 11 is 0. The van der Waals surface area contributed by atoms with E-state index in [9.17, 15) is 4.79 Å². The summed E-state index contributed by atoms with van der Waals surface area (Å²) in [7, 11) is 1.59. The van der Waals surface area contributed by atoms with Gasteiger partial charge in [0.15, 0.2) is 18.3 Å². The summed E-state index contributed by atoms with van der Waals surface area (Å²) in [5.41, 5.74) is 10.1. The van der Waals surface area contributed by atoms with Crippen LogP contribution in [-0.2, 0) is 14.9 Å². The van der Waals surface area contributed by atoms with Gasteiger partial charge < -0.3 is 19.9 Å². The fourth-order valence-electron chi connectivity index (χ4n) is 1.90. The highest BCUT2D eigenvalue weighted by Crippen LogP contribution is 2.34.